The van der Waals surface area contributed by atoms with E-state index in [0.717, 1.165) is 26.4 Å². The zero-order valence-corrected chi connectivity index (χ0v) is 13.1. The van der Waals surface area contributed by atoms with Crippen molar-refractivity contribution < 1.29 is 4.79 Å². The summed E-state index contributed by atoms with van der Waals surface area (Å²) in [5, 5.41) is 10.2. The summed E-state index contributed by atoms with van der Waals surface area (Å²) in [5.74, 6) is -0.233. The largest absolute Gasteiger partial charge is 0.358 e. The molecule has 4 heteroatoms. The zero-order chi connectivity index (χ0) is 15.7. The molecule has 2 aromatic heterocycles. The number of Topliss-reactive ketones (excluding diaryl/α,β-unsaturated/α-hetero) is 1. The fraction of sp³-hybridized carbons (Fsp3) is 0.111. The number of aryl methyl sites for hydroxylation is 2. The van der Waals surface area contributed by atoms with Gasteiger partial charge in [-0.05, 0) is 38.1 Å². The predicted octanol–water partition coefficient (Wildman–Crippen LogP) is 4.64. The fourth-order valence-electron chi connectivity index (χ4n) is 2.53. The lowest BCUT2D eigenvalue weighted by molar-refractivity contribution is 0.104. The van der Waals surface area contributed by atoms with E-state index in [1.807, 2.05) is 56.3 Å². The molecule has 0 aliphatic carbocycles. The molecule has 1 aromatic carbocycles. The first-order valence-electron chi connectivity index (χ1n) is 6.90. The summed E-state index contributed by atoms with van der Waals surface area (Å²) in [6.07, 6.45) is 1.67. The number of benzene rings is 1. The van der Waals surface area contributed by atoms with Crippen LogP contribution in [0.1, 0.15) is 25.8 Å². The van der Waals surface area contributed by atoms with Crippen molar-refractivity contribution in [1.82, 2.24) is 4.98 Å². The maximum atomic E-state index is 12.8. The number of nitrogens with one attached hydrogen (secondary N) is 1. The van der Waals surface area contributed by atoms with Crippen LogP contribution in [0.5, 0.6) is 0 Å². The van der Waals surface area contributed by atoms with Crippen molar-refractivity contribution in [2.24, 2.45) is 0 Å². The molecule has 3 rings (SSSR count). The summed E-state index contributed by atoms with van der Waals surface area (Å²) in [5.41, 5.74) is 2.44. The van der Waals surface area contributed by atoms with Crippen molar-refractivity contribution >= 4 is 34.1 Å². The topological polar surface area (TPSA) is 56.6 Å². The van der Waals surface area contributed by atoms with Crippen molar-refractivity contribution in [3.8, 4) is 6.07 Å². The molecule has 0 bridgehead atoms. The Bertz CT molecular complexity index is 938. The summed E-state index contributed by atoms with van der Waals surface area (Å²) in [4.78, 5) is 18.0. The van der Waals surface area contributed by atoms with E-state index in [2.05, 4.69) is 4.98 Å². The summed E-state index contributed by atoms with van der Waals surface area (Å²) >= 11 is 1.57. The number of allylic oxidation sites excluding steroid dienone is 1. The second kappa shape index (κ2) is 5.63. The maximum absolute atomic E-state index is 12.8. The lowest BCUT2D eigenvalue weighted by atomic mass is 10.0. The Morgan fingerprint density at radius 1 is 1.23 bits per heavy atom. The molecular formula is C18H14N2OS. The van der Waals surface area contributed by atoms with Crippen LogP contribution in [0.15, 0.2) is 42.0 Å². The molecule has 1 N–H and O–H groups in total. The maximum Gasteiger partial charge on any atom is 0.206 e. The number of nitriles is 1. The lowest BCUT2D eigenvalue weighted by Crippen LogP contribution is -2.03. The van der Waals surface area contributed by atoms with E-state index in [1.165, 1.54) is 0 Å². The molecule has 22 heavy (non-hydrogen) atoms. The summed E-state index contributed by atoms with van der Waals surface area (Å²) in [6, 6.07) is 13.6. The molecule has 0 amide bonds. The third-order valence-corrected chi connectivity index (χ3v) is 4.48. The average Bonchev–Trinajstić information content (AvgIpc) is 3.06. The number of H-pyrrole nitrogens is 1. The average molecular weight is 306 g/mol. The Morgan fingerprint density at radius 3 is 2.68 bits per heavy atom. The Labute approximate surface area is 132 Å². The molecule has 3 nitrogen and oxygen atoms in total. The minimum absolute atomic E-state index is 0.162. The monoisotopic (exact) mass is 306 g/mol. The Hall–Kier alpha value is -2.64. The quantitative estimate of drug-likeness (QED) is 0.435. The minimum atomic E-state index is -0.233. The SMILES string of the molecule is Cc1ccc(/C=C(\C#N)C(=O)c2c(C)[nH]c3ccccc23)s1. The van der Waals surface area contributed by atoms with Gasteiger partial charge in [0.2, 0.25) is 5.78 Å². The van der Waals surface area contributed by atoms with Crippen LogP contribution in [-0.4, -0.2) is 10.8 Å². The molecule has 0 unspecified atom stereocenters. The van der Waals surface area contributed by atoms with E-state index in [1.54, 1.807) is 17.4 Å². The van der Waals surface area contributed by atoms with Crippen LogP contribution in [0.3, 0.4) is 0 Å². The van der Waals surface area contributed by atoms with Crippen LogP contribution in [0.4, 0.5) is 0 Å². The number of carbonyl (C=O) groups is 1. The number of aromatic nitrogens is 1. The molecule has 0 radical (unpaired) electrons. The number of aromatic amines is 1. The highest BCUT2D eigenvalue weighted by Gasteiger charge is 2.19. The number of hydrogen-bond acceptors (Lipinski definition) is 3. The third kappa shape index (κ3) is 2.47. The number of para-hydroxylation sites is 1. The Balaban J connectivity index is 2.10. The van der Waals surface area contributed by atoms with Gasteiger partial charge in [-0.1, -0.05) is 18.2 Å². The second-order valence-corrected chi connectivity index (χ2v) is 6.44. The number of ketones is 1. The molecule has 0 aliphatic rings. The first-order chi connectivity index (χ1) is 10.6. The van der Waals surface area contributed by atoms with Gasteiger partial charge in [0.05, 0.1) is 5.56 Å². The van der Waals surface area contributed by atoms with Gasteiger partial charge in [-0.3, -0.25) is 4.79 Å². The van der Waals surface area contributed by atoms with Crippen LogP contribution < -0.4 is 0 Å². The molecule has 2 heterocycles. The molecule has 0 saturated heterocycles. The molecule has 0 atom stereocenters. The highest BCUT2D eigenvalue weighted by molar-refractivity contribution is 7.12. The Kier molecular flexibility index (Phi) is 3.66. The first kappa shape index (κ1) is 14.3. The Morgan fingerprint density at radius 2 is 2.00 bits per heavy atom. The number of fused-ring (bicyclic) bond motifs is 1. The molecule has 0 aliphatic heterocycles. The smallest absolute Gasteiger partial charge is 0.206 e. The second-order valence-electron chi connectivity index (χ2n) is 5.12. The van der Waals surface area contributed by atoms with Gasteiger partial charge < -0.3 is 4.98 Å². The molecule has 108 valence electrons. The lowest BCUT2D eigenvalue weighted by Gasteiger charge is -1.99. The first-order valence-corrected chi connectivity index (χ1v) is 7.72. The number of thiophene rings is 1. The molecule has 3 aromatic rings. The van der Waals surface area contributed by atoms with Gasteiger partial charge in [0.1, 0.15) is 11.6 Å². The third-order valence-electron chi connectivity index (χ3n) is 3.53. The number of carbonyl (C=O) groups excluding carboxylic acids is 1. The van der Waals surface area contributed by atoms with E-state index in [4.69, 9.17) is 0 Å². The fourth-order valence-corrected chi connectivity index (χ4v) is 3.35. The van der Waals surface area contributed by atoms with Crippen LogP contribution in [0, 0.1) is 25.2 Å². The number of rotatable bonds is 3. The van der Waals surface area contributed by atoms with Gasteiger partial charge in [0.25, 0.3) is 0 Å². The molecule has 0 fully saturated rings. The van der Waals surface area contributed by atoms with Crippen molar-refractivity contribution in [3.05, 3.63) is 63.0 Å². The number of nitrogens with zero attached hydrogens (tertiary/aromatic N) is 1. The van der Waals surface area contributed by atoms with Gasteiger partial charge >= 0.3 is 0 Å². The summed E-state index contributed by atoms with van der Waals surface area (Å²) in [7, 11) is 0. The van der Waals surface area contributed by atoms with Crippen molar-refractivity contribution in [2.75, 3.05) is 0 Å². The van der Waals surface area contributed by atoms with E-state index in [9.17, 15) is 10.1 Å². The predicted molar refractivity (Wildman–Crippen MR) is 90.0 cm³/mol. The number of hydrogen-bond donors (Lipinski definition) is 1. The molecular weight excluding hydrogens is 292 g/mol. The van der Waals surface area contributed by atoms with Crippen LogP contribution in [0.2, 0.25) is 0 Å². The van der Waals surface area contributed by atoms with E-state index in [0.29, 0.717) is 5.56 Å². The van der Waals surface area contributed by atoms with E-state index >= 15 is 0 Å². The highest BCUT2D eigenvalue weighted by Crippen LogP contribution is 2.26. The molecule has 0 saturated carbocycles. The van der Waals surface area contributed by atoms with E-state index in [-0.39, 0.29) is 11.4 Å². The van der Waals surface area contributed by atoms with Gasteiger partial charge in [0.15, 0.2) is 0 Å². The highest BCUT2D eigenvalue weighted by atomic mass is 32.1. The van der Waals surface area contributed by atoms with E-state index < -0.39 is 0 Å². The van der Waals surface area contributed by atoms with Gasteiger partial charge in [-0.15, -0.1) is 11.3 Å². The van der Waals surface area contributed by atoms with Gasteiger partial charge in [0, 0.05) is 26.4 Å². The standard InChI is InChI=1S/C18H14N2OS/c1-11-7-8-14(22-11)9-13(10-19)18(21)17-12(2)20-16-6-4-3-5-15(16)17/h3-9,20H,1-2H3/b13-9+. The van der Waals surface area contributed by atoms with Gasteiger partial charge in [-0.25, -0.2) is 0 Å². The summed E-state index contributed by atoms with van der Waals surface area (Å²) < 4.78 is 0. The van der Waals surface area contributed by atoms with Gasteiger partial charge in [-0.2, -0.15) is 5.26 Å². The zero-order valence-electron chi connectivity index (χ0n) is 12.3. The van der Waals surface area contributed by atoms with Crippen LogP contribution >= 0.6 is 11.3 Å². The van der Waals surface area contributed by atoms with Crippen LogP contribution in [0.25, 0.3) is 17.0 Å². The minimum Gasteiger partial charge on any atom is -0.358 e. The van der Waals surface area contributed by atoms with Crippen molar-refractivity contribution in [1.29, 1.82) is 5.26 Å². The van der Waals surface area contributed by atoms with Crippen molar-refractivity contribution in [2.45, 2.75) is 13.8 Å². The van der Waals surface area contributed by atoms with Crippen LogP contribution in [-0.2, 0) is 0 Å². The normalized spacial score (nSPS) is 11.6. The summed E-state index contributed by atoms with van der Waals surface area (Å²) in [6.45, 7) is 3.86. The van der Waals surface area contributed by atoms with Crippen molar-refractivity contribution in [3.63, 3.8) is 0 Å². The molecule has 0 spiro atoms.